The first-order valence-electron chi connectivity index (χ1n) is 6.48. The van der Waals surface area contributed by atoms with Crippen LogP contribution in [-0.4, -0.2) is 12.6 Å². The van der Waals surface area contributed by atoms with Crippen molar-refractivity contribution in [1.82, 2.24) is 0 Å². The molecule has 0 N–H and O–H groups in total. The van der Waals surface area contributed by atoms with Gasteiger partial charge in [-0.1, -0.05) is 22.0 Å². The summed E-state index contributed by atoms with van der Waals surface area (Å²) in [5.41, 5.74) is 4.67. The van der Waals surface area contributed by atoms with E-state index >= 15 is 0 Å². The second-order valence-corrected chi connectivity index (χ2v) is 6.83. The molecule has 0 aliphatic heterocycles. The van der Waals surface area contributed by atoms with E-state index in [1.807, 2.05) is 19.9 Å². The van der Waals surface area contributed by atoms with E-state index in [1.165, 1.54) is 28.0 Å². The third-order valence-electron chi connectivity index (χ3n) is 3.19. The number of halogens is 1. The highest BCUT2D eigenvalue weighted by Crippen LogP contribution is 2.35. The van der Waals surface area contributed by atoms with E-state index in [2.05, 4.69) is 41.9 Å². The van der Waals surface area contributed by atoms with Crippen LogP contribution in [0.2, 0.25) is 0 Å². The molecule has 0 aliphatic rings. The molecule has 4 heteroatoms. The van der Waals surface area contributed by atoms with Gasteiger partial charge in [-0.25, -0.2) is 4.79 Å². The van der Waals surface area contributed by atoms with Crippen LogP contribution in [0.15, 0.2) is 22.7 Å². The van der Waals surface area contributed by atoms with E-state index in [0.29, 0.717) is 11.5 Å². The van der Waals surface area contributed by atoms with E-state index in [4.69, 9.17) is 4.74 Å². The summed E-state index contributed by atoms with van der Waals surface area (Å²) in [6.07, 6.45) is 0. The minimum absolute atomic E-state index is 0.238. The molecule has 1 aromatic heterocycles. The van der Waals surface area contributed by atoms with Gasteiger partial charge in [0.15, 0.2) is 0 Å². The fraction of sp³-hybridized carbons (Fsp3) is 0.312. The Hall–Kier alpha value is -1.13. The molecule has 0 atom stereocenters. The largest absolute Gasteiger partial charge is 0.462 e. The maximum Gasteiger partial charge on any atom is 0.348 e. The fourth-order valence-electron chi connectivity index (χ4n) is 2.12. The molecule has 2 nitrogen and oxygen atoms in total. The maximum absolute atomic E-state index is 11.8. The molecule has 20 heavy (non-hydrogen) atoms. The lowest BCUT2D eigenvalue weighted by Gasteiger charge is -2.08. The van der Waals surface area contributed by atoms with Gasteiger partial charge in [-0.2, -0.15) is 0 Å². The smallest absolute Gasteiger partial charge is 0.348 e. The van der Waals surface area contributed by atoms with E-state index in [1.54, 1.807) is 0 Å². The van der Waals surface area contributed by atoms with Crippen molar-refractivity contribution in [2.45, 2.75) is 27.7 Å². The second-order valence-electron chi connectivity index (χ2n) is 4.72. The number of esters is 1. The molecule has 0 aliphatic carbocycles. The Labute approximate surface area is 131 Å². The zero-order valence-electron chi connectivity index (χ0n) is 12.0. The molecule has 0 fully saturated rings. The van der Waals surface area contributed by atoms with Gasteiger partial charge in [0.25, 0.3) is 0 Å². The van der Waals surface area contributed by atoms with Gasteiger partial charge in [0, 0.05) is 9.35 Å². The summed E-state index contributed by atoms with van der Waals surface area (Å²) in [6, 6.07) is 6.21. The lowest BCUT2D eigenvalue weighted by molar-refractivity contribution is 0.0532. The molecule has 106 valence electrons. The molecule has 0 unspecified atom stereocenters. The molecule has 0 radical (unpaired) electrons. The highest BCUT2D eigenvalue weighted by atomic mass is 79.9. The first-order chi connectivity index (χ1) is 9.43. The predicted molar refractivity (Wildman–Crippen MR) is 87.6 cm³/mol. The Morgan fingerprint density at radius 1 is 1.15 bits per heavy atom. The first-order valence-corrected chi connectivity index (χ1v) is 8.09. The summed E-state index contributed by atoms with van der Waals surface area (Å²) in [5.74, 6) is -0.238. The van der Waals surface area contributed by atoms with Crippen molar-refractivity contribution in [2.75, 3.05) is 6.61 Å². The lowest BCUT2D eigenvalue weighted by Crippen LogP contribution is -2.01. The minimum Gasteiger partial charge on any atom is -0.462 e. The molecule has 0 spiro atoms. The Kier molecular flexibility index (Phi) is 4.66. The average Bonchev–Trinajstić information content (AvgIpc) is 2.76. The summed E-state index contributed by atoms with van der Waals surface area (Å²) in [6.45, 7) is 8.42. The fourth-order valence-corrected chi connectivity index (χ4v) is 3.51. The Morgan fingerprint density at radius 2 is 1.85 bits per heavy atom. The third-order valence-corrected chi connectivity index (χ3v) is 5.08. The van der Waals surface area contributed by atoms with Gasteiger partial charge in [-0.3, -0.25) is 0 Å². The summed E-state index contributed by atoms with van der Waals surface area (Å²) in [4.78, 5) is 13.6. The summed E-state index contributed by atoms with van der Waals surface area (Å²) < 4.78 is 6.18. The van der Waals surface area contributed by atoms with E-state index in [-0.39, 0.29) is 5.97 Å². The molecule has 1 heterocycles. The maximum atomic E-state index is 11.8. The number of rotatable bonds is 3. The van der Waals surface area contributed by atoms with Gasteiger partial charge < -0.3 is 4.74 Å². The van der Waals surface area contributed by atoms with Gasteiger partial charge in [0.1, 0.15) is 4.88 Å². The van der Waals surface area contributed by atoms with Crippen molar-refractivity contribution in [3.8, 4) is 11.1 Å². The van der Waals surface area contributed by atoms with Crippen LogP contribution in [0.4, 0.5) is 0 Å². The molecule has 2 rings (SSSR count). The van der Waals surface area contributed by atoms with Crippen molar-refractivity contribution in [3.05, 3.63) is 43.6 Å². The highest BCUT2D eigenvalue weighted by Gasteiger charge is 2.16. The van der Waals surface area contributed by atoms with Crippen LogP contribution < -0.4 is 0 Å². The zero-order valence-corrected chi connectivity index (χ0v) is 14.4. The van der Waals surface area contributed by atoms with Crippen LogP contribution in [0.5, 0.6) is 0 Å². The molecular weight excluding hydrogens is 336 g/mol. The van der Waals surface area contributed by atoms with Crippen molar-refractivity contribution < 1.29 is 9.53 Å². The minimum atomic E-state index is -0.238. The van der Waals surface area contributed by atoms with Crippen LogP contribution >= 0.6 is 27.3 Å². The molecule has 0 saturated heterocycles. The van der Waals surface area contributed by atoms with Gasteiger partial charge in [-0.15, -0.1) is 11.3 Å². The first kappa shape index (κ1) is 15.3. The summed E-state index contributed by atoms with van der Waals surface area (Å²) >= 11 is 5.04. The summed E-state index contributed by atoms with van der Waals surface area (Å²) in [7, 11) is 0. The van der Waals surface area contributed by atoms with Crippen LogP contribution in [0.25, 0.3) is 11.1 Å². The van der Waals surface area contributed by atoms with Crippen LogP contribution in [0.1, 0.15) is 32.6 Å². The Balaban J connectivity index is 2.49. The van der Waals surface area contributed by atoms with Crippen molar-refractivity contribution in [1.29, 1.82) is 0 Å². The summed E-state index contributed by atoms with van der Waals surface area (Å²) in [5, 5.41) is 0. The molecule has 1 aromatic carbocycles. The van der Waals surface area contributed by atoms with Gasteiger partial charge in [0.05, 0.1) is 6.61 Å². The van der Waals surface area contributed by atoms with Crippen molar-refractivity contribution in [2.24, 2.45) is 0 Å². The number of ether oxygens (including phenoxy) is 1. The standard InChI is InChI=1S/C16H17BrO2S/c1-5-19-16(18)15-8-13(11(4)20-15)12-6-10(3)14(17)7-9(12)2/h6-8H,5H2,1-4H3. The average molecular weight is 353 g/mol. The molecule has 2 aromatic rings. The zero-order chi connectivity index (χ0) is 14.9. The van der Waals surface area contributed by atoms with Gasteiger partial charge in [-0.05, 0) is 62.1 Å². The molecule has 0 saturated carbocycles. The number of carbonyl (C=O) groups excluding carboxylic acids is 1. The number of thiophene rings is 1. The van der Waals surface area contributed by atoms with Gasteiger partial charge >= 0.3 is 5.97 Å². The molecule has 0 bridgehead atoms. The molecular formula is C16H17BrO2S. The molecule has 0 amide bonds. The number of hydrogen-bond donors (Lipinski definition) is 0. The number of hydrogen-bond acceptors (Lipinski definition) is 3. The third kappa shape index (κ3) is 2.96. The lowest BCUT2D eigenvalue weighted by atomic mass is 9.99. The predicted octanol–water partition coefficient (Wildman–Crippen LogP) is 5.28. The van der Waals surface area contributed by atoms with Gasteiger partial charge in [0.2, 0.25) is 0 Å². The van der Waals surface area contributed by atoms with E-state index < -0.39 is 0 Å². The van der Waals surface area contributed by atoms with Crippen LogP contribution in [-0.2, 0) is 4.74 Å². The second kappa shape index (κ2) is 6.10. The highest BCUT2D eigenvalue weighted by molar-refractivity contribution is 9.10. The van der Waals surface area contributed by atoms with Crippen molar-refractivity contribution >= 4 is 33.2 Å². The SMILES string of the molecule is CCOC(=O)c1cc(-c2cc(C)c(Br)cc2C)c(C)s1. The topological polar surface area (TPSA) is 26.3 Å². The van der Waals surface area contributed by atoms with Crippen molar-refractivity contribution in [3.63, 3.8) is 0 Å². The number of benzene rings is 1. The Bertz CT molecular complexity index is 659. The van der Waals surface area contributed by atoms with Crippen LogP contribution in [0.3, 0.4) is 0 Å². The normalized spacial score (nSPS) is 10.7. The van der Waals surface area contributed by atoms with E-state index in [9.17, 15) is 4.79 Å². The number of carbonyl (C=O) groups is 1. The van der Waals surface area contributed by atoms with Crippen LogP contribution in [0, 0.1) is 20.8 Å². The van der Waals surface area contributed by atoms with E-state index in [0.717, 1.165) is 14.9 Å². The quantitative estimate of drug-likeness (QED) is 0.702. The Morgan fingerprint density at radius 3 is 2.50 bits per heavy atom. The number of aryl methyl sites for hydroxylation is 3. The monoisotopic (exact) mass is 352 g/mol.